The van der Waals surface area contributed by atoms with Gasteiger partial charge in [0.25, 0.3) is 0 Å². The fourth-order valence-corrected chi connectivity index (χ4v) is 10.1. The zero-order chi connectivity index (χ0) is 9.71. The molecule has 0 aromatic carbocycles. The first-order chi connectivity index (χ1) is 4.71. The minimum absolute atomic E-state index is 0.806. The Bertz CT molecular complexity index is 81.0. The lowest BCUT2D eigenvalue weighted by Crippen LogP contribution is -2.55. The normalized spacial score (nSPS) is 12.3. The summed E-state index contributed by atoms with van der Waals surface area (Å²) in [4.78, 5) is 0. The Morgan fingerprint density at radius 2 is 1.00 bits per heavy atom. The monoisotopic (exact) mass is 208 g/mol. The van der Waals surface area contributed by atoms with Gasteiger partial charge in [-0.15, -0.1) is 0 Å². The van der Waals surface area contributed by atoms with Crippen LogP contribution in [0.4, 0.5) is 0 Å². The first-order valence-corrected chi connectivity index (χ1v) is 12.2. The van der Waals surface area contributed by atoms with Crippen LogP contribution < -0.4 is 10.0 Å². The Balaban J connectivity index is 0. The molecule has 0 fully saturated rings. The summed E-state index contributed by atoms with van der Waals surface area (Å²) < 4.78 is 3.74. The van der Waals surface area contributed by atoms with Crippen LogP contribution in [0.3, 0.4) is 0 Å². The highest BCUT2D eigenvalue weighted by molar-refractivity contribution is 6.90. The second-order valence-electron chi connectivity index (χ2n) is 4.62. The fraction of sp³-hybridized carbons (Fsp3) is 1.00. The molecule has 0 aromatic heterocycles. The van der Waals surface area contributed by atoms with E-state index in [1.165, 1.54) is 0 Å². The van der Waals surface area contributed by atoms with Gasteiger partial charge in [0.2, 0.25) is 0 Å². The molecular weight excluding hydrogens is 184 g/mol. The SMILES string of the molecule is C[Si](C)(C)N[Si](C)(C)C.N[SiH3]. The highest BCUT2D eigenvalue weighted by Crippen LogP contribution is 2.02. The van der Waals surface area contributed by atoms with Gasteiger partial charge in [-0.05, 0) is 0 Å². The zero-order valence-corrected chi connectivity index (χ0v) is 13.1. The molecule has 0 heterocycles. The van der Waals surface area contributed by atoms with Crippen molar-refractivity contribution in [3.8, 4) is 0 Å². The number of nitrogens with one attached hydrogen (secondary N) is 1. The van der Waals surface area contributed by atoms with Gasteiger partial charge in [0.05, 0.1) is 10.4 Å². The third kappa shape index (κ3) is 18.0. The summed E-state index contributed by atoms with van der Waals surface area (Å²) in [6, 6.07) is 0. The molecule has 0 spiro atoms. The highest BCUT2D eigenvalue weighted by Gasteiger charge is 2.22. The van der Waals surface area contributed by atoms with Gasteiger partial charge in [0, 0.05) is 0 Å². The molecule has 70 valence electrons. The lowest BCUT2D eigenvalue weighted by atomic mass is 11.8. The van der Waals surface area contributed by atoms with Crippen LogP contribution in [0.1, 0.15) is 0 Å². The standard InChI is InChI=1S/C6H19NSi2.H5NSi/c1-8(2,3)7-9(4,5)6;1-2/h7H,1-6H3;1H2,2H3. The molecule has 2 nitrogen and oxygen atoms in total. The van der Waals surface area contributed by atoms with E-state index in [1.807, 2.05) is 0 Å². The largest absolute Gasteiger partial charge is 0.360 e. The quantitative estimate of drug-likeness (QED) is 0.648. The molecule has 11 heavy (non-hydrogen) atoms. The Morgan fingerprint density at radius 3 is 1.00 bits per heavy atom. The highest BCUT2D eigenvalue weighted by atomic mass is 28.4. The second-order valence-corrected chi connectivity index (χ2v) is 14.6. The van der Waals surface area contributed by atoms with Crippen LogP contribution in [0.25, 0.3) is 0 Å². The van der Waals surface area contributed by atoms with Crippen LogP contribution in [0.2, 0.25) is 39.3 Å². The van der Waals surface area contributed by atoms with Gasteiger partial charge < -0.3 is 10.0 Å². The van der Waals surface area contributed by atoms with Gasteiger partial charge in [-0.25, -0.2) is 0 Å². The number of hydrogen-bond acceptors (Lipinski definition) is 2. The Labute approximate surface area is 76.6 Å². The number of nitrogens with two attached hydrogens (primary N) is 1. The Hall–Kier alpha value is 0.571. The predicted molar refractivity (Wildman–Crippen MR) is 64.0 cm³/mol. The molecule has 5 heteroatoms. The molecule has 0 atom stereocenters. The molecule has 3 N–H and O–H groups in total. The van der Waals surface area contributed by atoms with Crippen molar-refractivity contribution in [3.05, 3.63) is 0 Å². The van der Waals surface area contributed by atoms with Gasteiger partial charge in [-0.2, -0.15) is 0 Å². The molecule has 0 radical (unpaired) electrons. The molecule has 0 bridgehead atoms. The molecule has 0 unspecified atom stereocenters. The first kappa shape index (κ1) is 14.1. The van der Waals surface area contributed by atoms with Crippen molar-refractivity contribution in [2.24, 2.45) is 5.40 Å². The molecule has 0 aliphatic rings. The van der Waals surface area contributed by atoms with Crippen LogP contribution in [0.5, 0.6) is 0 Å². The molecule has 0 saturated heterocycles. The molecule has 0 saturated carbocycles. The van der Waals surface area contributed by atoms with E-state index >= 15 is 0 Å². The summed E-state index contributed by atoms with van der Waals surface area (Å²) in [5.74, 6) is 0. The van der Waals surface area contributed by atoms with E-state index in [1.54, 1.807) is 0 Å². The van der Waals surface area contributed by atoms with Crippen molar-refractivity contribution >= 4 is 26.9 Å². The van der Waals surface area contributed by atoms with Crippen LogP contribution in [0, 0.1) is 0 Å². The van der Waals surface area contributed by atoms with E-state index in [0.29, 0.717) is 0 Å². The second kappa shape index (κ2) is 5.26. The van der Waals surface area contributed by atoms with E-state index in [2.05, 4.69) is 49.3 Å². The molecule has 0 aliphatic carbocycles. The summed E-state index contributed by atoms with van der Waals surface area (Å²) >= 11 is 0. The maximum Gasteiger partial charge on any atom is 0.109 e. The van der Waals surface area contributed by atoms with Crippen LogP contribution in [-0.2, 0) is 0 Å². The molecule has 0 aromatic rings. The lowest BCUT2D eigenvalue weighted by molar-refractivity contribution is 1.30. The zero-order valence-electron chi connectivity index (χ0n) is 9.08. The summed E-state index contributed by atoms with van der Waals surface area (Å²) in [5, 5.41) is 4.64. The minimum atomic E-state index is -0.981. The average molecular weight is 209 g/mol. The van der Waals surface area contributed by atoms with Crippen molar-refractivity contribution in [1.82, 2.24) is 4.65 Å². The summed E-state index contributed by atoms with van der Waals surface area (Å²) in [6.45, 7) is 14.1. The maximum atomic E-state index is 4.64. The van der Waals surface area contributed by atoms with Crippen molar-refractivity contribution in [2.45, 2.75) is 39.3 Å². The van der Waals surface area contributed by atoms with E-state index in [0.717, 1.165) is 10.4 Å². The molecule has 0 amide bonds. The fourth-order valence-electron chi connectivity index (χ4n) is 1.12. The maximum absolute atomic E-state index is 4.64. The van der Waals surface area contributed by atoms with E-state index < -0.39 is 16.5 Å². The van der Waals surface area contributed by atoms with Gasteiger partial charge in [0.15, 0.2) is 0 Å². The number of rotatable bonds is 2. The average Bonchev–Trinajstić information content (AvgIpc) is 1.60. The van der Waals surface area contributed by atoms with Gasteiger partial charge in [-0.1, -0.05) is 39.3 Å². The summed E-state index contributed by atoms with van der Waals surface area (Å²) in [7, 11) is -1.16. The van der Waals surface area contributed by atoms with E-state index in [-0.39, 0.29) is 0 Å². The number of hydrogen-bond donors (Lipinski definition) is 2. The molecule has 0 aliphatic heterocycles. The topological polar surface area (TPSA) is 38.0 Å². The molecule has 0 rings (SSSR count). The third-order valence-electron chi connectivity index (χ3n) is 0.750. The van der Waals surface area contributed by atoms with Gasteiger partial charge in [-0.3, -0.25) is 0 Å². The smallest absolute Gasteiger partial charge is 0.109 e. The third-order valence-corrected chi connectivity index (χ3v) is 6.75. The minimum Gasteiger partial charge on any atom is -0.360 e. The Morgan fingerprint density at radius 1 is 0.818 bits per heavy atom. The van der Waals surface area contributed by atoms with Gasteiger partial charge >= 0.3 is 0 Å². The Kier molecular flexibility index (Phi) is 6.75. The van der Waals surface area contributed by atoms with E-state index in [4.69, 9.17) is 0 Å². The van der Waals surface area contributed by atoms with E-state index in [9.17, 15) is 0 Å². The van der Waals surface area contributed by atoms with Gasteiger partial charge in [0.1, 0.15) is 16.5 Å². The van der Waals surface area contributed by atoms with Crippen molar-refractivity contribution in [3.63, 3.8) is 0 Å². The summed E-state index contributed by atoms with van der Waals surface area (Å²) in [5.41, 5.74) is 0. The lowest BCUT2D eigenvalue weighted by Gasteiger charge is -2.28. The van der Waals surface area contributed by atoms with Crippen molar-refractivity contribution < 1.29 is 0 Å². The van der Waals surface area contributed by atoms with Crippen LogP contribution in [0.15, 0.2) is 0 Å². The molecular formula is C6H24N2Si3. The first-order valence-electron chi connectivity index (χ1n) is 4.08. The van der Waals surface area contributed by atoms with Crippen LogP contribution in [-0.4, -0.2) is 26.9 Å². The summed E-state index contributed by atoms with van der Waals surface area (Å²) in [6.07, 6.45) is 0. The van der Waals surface area contributed by atoms with Crippen LogP contribution >= 0.6 is 0 Å². The van der Waals surface area contributed by atoms with Crippen molar-refractivity contribution in [1.29, 1.82) is 0 Å². The predicted octanol–water partition coefficient (Wildman–Crippen LogP) is 0.471. The van der Waals surface area contributed by atoms with Crippen molar-refractivity contribution in [2.75, 3.05) is 0 Å².